The fraction of sp³-hybridized carbons (Fsp3) is 0.474. The number of aliphatic carboxylic acids is 1. The number of fused-ring (bicyclic) bond motifs is 1. The molecule has 0 bridgehead atoms. The topological polar surface area (TPSA) is 92.5 Å². The summed E-state index contributed by atoms with van der Waals surface area (Å²) in [5.41, 5.74) is -0.0896. The first-order chi connectivity index (χ1) is 12.4. The lowest BCUT2D eigenvalue weighted by Crippen LogP contribution is -2.48. The van der Waals surface area contributed by atoms with E-state index in [1.807, 2.05) is 13.8 Å². The Morgan fingerprint density at radius 3 is 2.58 bits per heavy atom. The molecule has 1 aliphatic heterocycles. The Balaban J connectivity index is 2.13. The Bertz CT molecular complexity index is 903. The van der Waals surface area contributed by atoms with Gasteiger partial charge in [0.2, 0.25) is 0 Å². The third-order valence-electron chi connectivity index (χ3n) is 4.66. The minimum absolute atomic E-state index is 0.147. The van der Waals surface area contributed by atoms with Crippen molar-refractivity contribution >= 4 is 22.6 Å². The maximum absolute atomic E-state index is 13.2. The second-order valence-electron chi connectivity index (χ2n) is 7.12. The molecule has 3 rings (SSSR count). The van der Waals surface area contributed by atoms with Gasteiger partial charge in [-0.05, 0) is 31.2 Å². The van der Waals surface area contributed by atoms with E-state index in [1.54, 1.807) is 24.3 Å². The number of benzene rings is 1. The van der Waals surface area contributed by atoms with Crippen LogP contribution in [0.1, 0.15) is 43.6 Å². The number of carbonyl (C=O) groups excluding carboxylic acids is 1. The zero-order valence-corrected chi connectivity index (χ0v) is 15.0. The van der Waals surface area contributed by atoms with Gasteiger partial charge in [0, 0.05) is 18.5 Å². The smallest absolute Gasteiger partial charge is 0.326 e. The lowest BCUT2D eigenvalue weighted by molar-refractivity contribution is -0.143. The first kappa shape index (κ1) is 18.1. The summed E-state index contributed by atoms with van der Waals surface area (Å²) in [6.45, 7) is 4.72. The highest BCUT2D eigenvalue weighted by atomic mass is 16.4. The molecule has 1 fully saturated rings. The molecular formula is C19H23N3O4. The Hall–Kier alpha value is -2.70. The van der Waals surface area contributed by atoms with Gasteiger partial charge in [-0.3, -0.25) is 9.59 Å². The Labute approximate surface area is 151 Å². The van der Waals surface area contributed by atoms with E-state index >= 15 is 0 Å². The molecule has 1 aromatic heterocycles. The zero-order chi connectivity index (χ0) is 18.8. The van der Waals surface area contributed by atoms with Crippen LogP contribution < -0.4 is 5.56 Å². The molecule has 0 unspecified atom stereocenters. The predicted molar refractivity (Wildman–Crippen MR) is 97.2 cm³/mol. The average Bonchev–Trinajstić information content (AvgIpc) is 2.63. The van der Waals surface area contributed by atoms with Crippen LogP contribution in [-0.4, -0.2) is 44.3 Å². The molecule has 2 heterocycles. The van der Waals surface area contributed by atoms with E-state index in [0.29, 0.717) is 30.3 Å². The van der Waals surface area contributed by atoms with Crippen LogP contribution in [0, 0.1) is 5.92 Å². The molecule has 0 aliphatic carbocycles. The molecule has 1 aliphatic rings. The number of hydrogen-bond donors (Lipinski definition) is 1. The monoisotopic (exact) mass is 357 g/mol. The van der Waals surface area contributed by atoms with Crippen LogP contribution in [0.25, 0.3) is 10.8 Å². The summed E-state index contributed by atoms with van der Waals surface area (Å²) in [7, 11) is 0. The van der Waals surface area contributed by atoms with Crippen molar-refractivity contribution in [1.29, 1.82) is 0 Å². The van der Waals surface area contributed by atoms with Gasteiger partial charge in [0.05, 0.1) is 5.39 Å². The summed E-state index contributed by atoms with van der Waals surface area (Å²) < 4.78 is 1.32. The number of amides is 1. The second kappa shape index (κ2) is 7.27. The Morgan fingerprint density at radius 1 is 1.23 bits per heavy atom. The number of aromatic nitrogens is 2. The van der Waals surface area contributed by atoms with Gasteiger partial charge in [-0.2, -0.15) is 5.10 Å². The number of carboxylic acid groups (broad SMARTS) is 1. The largest absolute Gasteiger partial charge is 0.480 e. The third-order valence-corrected chi connectivity index (χ3v) is 4.66. The van der Waals surface area contributed by atoms with E-state index in [4.69, 9.17) is 0 Å². The minimum Gasteiger partial charge on any atom is -0.480 e. The number of nitrogens with zero attached hydrogens (tertiary/aromatic N) is 3. The van der Waals surface area contributed by atoms with Crippen molar-refractivity contribution in [3.63, 3.8) is 0 Å². The van der Waals surface area contributed by atoms with Crippen molar-refractivity contribution in [3.8, 4) is 0 Å². The SMILES string of the molecule is CC(C)Cn1nc(C(=O)N2CCCC[C@@H]2C(=O)O)c2ccccc2c1=O. The molecule has 0 spiro atoms. The summed E-state index contributed by atoms with van der Waals surface area (Å²) in [5, 5.41) is 14.7. The summed E-state index contributed by atoms with van der Waals surface area (Å²) in [5.74, 6) is -1.24. The first-order valence-corrected chi connectivity index (χ1v) is 8.93. The van der Waals surface area contributed by atoms with Crippen molar-refractivity contribution in [3.05, 3.63) is 40.3 Å². The van der Waals surface area contributed by atoms with E-state index in [9.17, 15) is 19.5 Å². The van der Waals surface area contributed by atoms with Crippen molar-refractivity contribution in [1.82, 2.24) is 14.7 Å². The van der Waals surface area contributed by atoms with Crippen molar-refractivity contribution in [2.75, 3.05) is 6.54 Å². The summed E-state index contributed by atoms with van der Waals surface area (Å²) in [4.78, 5) is 38.8. The molecule has 138 valence electrons. The van der Waals surface area contributed by atoms with Gasteiger partial charge in [0.25, 0.3) is 11.5 Å². The molecule has 1 aromatic carbocycles. The molecule has 7 nitrogen and oxygen atoms in total. The number of likely N-dealkylation sites (tertiary alicyclic amines) is 1. The number of piperidine rings is 1. The molecule has 2 aromatic rings. The van der Waals surface area contributed by atoms with E-state index in [2.05, 4.69) is 5.10 Å². The molecule has 1 amide bonds. The fourth-order valence-corrected chi connectivity index (χ4v) is 3.43. The summed E-state index contributed by atoms with van der Waals surface area (Å²) >= 11 is 0. The van der Waals surface area contributed by atoms with E-state index in [-0.39, 0.29) is 17.2 Å². The molecule has 26 heavy (non-hydrogen) atoms. The maximum atomic E-state index is 13.2. The molecule has 1 N–H and O–H groups in total. The van der Waals surface area contributed by atoms with Gasteiger partial charge in [0.1, 0.15) is 6.04 Å². The van der Waals surface area contributed by atoms with Crippen molar-refractivity contribution in [2.45, 2.75) is 45.7 Å². The van der Waals surface area contributed by atoms with Gasteiger partial charge >= 0.3 is 5.97 Å². The average molecular weight is 357 g/mol. The molecular weight excluding hydrogens is 334 g/mol. The van der Waals surface area contributed by atoms with Gasteiger partial charge < -0.3 is 10.0 Å². The third kappa shape index (κ3) is 3.34. The van der Waals surface area contributed by atoms with Crippen LogP contribution in [0.15, 0.2) is 29.1 Å². The lowest BCUT2D eigenvalue weighted by atomic mass is 10.0. The molecule has 7 heteroatoms. The highest BCUT2D eigenvalue weighted by molar-refractivity contribution is 6.05. The number of carbonyl (C=O) groups is 2. The zero-order valence-electron chi connectivity index (χ0n) is 15.0. The quantitative estimate of drug-likeness (QED) is 0.905. The lowest BCUT2D eigenvalue weighted by Gasteiger charge is -2.32. The highest BCUT2D eigenvalue weighted by Crippen LogP contribution is 2.22. The molecule has 1 atom stereocenters. The van der Waals surface area contributed by atoms with Crippen molar-refractivity contribution in [2.24, 2.45) is 5.92 Å². The number of rotatable bonds is 4. The Morgan fingerprint density at radius 2 is 1.92 bits per heavy atom. The van der Waals surface area contributed by atoms with Crippen LogP contribution in [0.2, 0.25) is 0 Å². The van der Waals surface area contributed by atoms with Crippen LogP contribution >= 0.6 is 0 Å². The molecule has 0 radical (unpaired) electrons. The van der Waals surface area contributed by atoms with Gasteiger partial charge in [0.15, 0.2) is 5.69 Å². The standard InChI is InChI=1S/C19H23N3O4/c1-12(2)11-22-17(23)14-8-4-3-7-13(14)16(20-22)18(24)21-10-6-5-9-15(21)19(25)26/h3-4,7-8,12,15H,5-6,9-11H2,1-2H3,(H,25,26)/t15-/m1/s1. The maximum Gasteiger partial charge on any atom is 0.326 e. The summed E-state index contributed by atoms with van der Waals surface area (Å²) in [6, 6.07) is 6.02. The van der Waals surface area contributed by atoms with Crippen LogP contribution in [0.4, 0.5) is 0 Å². The normalized spacial score (nSPS) is 17.7. The number of hydrogen-bond acceptors (Lipinski definition) is 4. The minimum atomic E-state index is -1.00. The van der Waals surface area contributed by atoms with Crippen LogP contribution in [-0.2, 0) is 11.3 Å². The highest BCUT2D eigenvalue weighted by Gasteiger charge is 2.34. The van der Waals surface area contributed by atoms with E-state index in [0.717, 1.165) is 12.8 Å². The molecule has 0 saturated carbocycles. The van der Waals surface area contributed by atoms with Gasteiger partial charge in [-0.15, -0.1) is 0 Å². The first-order valence-electron chi connectivity index (χ1n) is 8.93. The second-order valence-corrected chi connectivity index (χ2v) is 7.12. The van der Waals surface area contributed by atoms with Gasteiger partial charge in [-0.25, -0.2) is 9.48 Å². The van der Waals surface area contributed by atoms with E-state index in [1.165, 1.54) is 9.58 Å². The fourth-order valence-electron chi connectivity index (χ4n) is 3.43. The van der Waals surface area contributed by atoms with Crippen LogP contribution in [0.5, 0.6) is 0 Å². The van der Waals surface area contributed by atoms with Crippen molar-refractivity contribution < 1.29 is 14.7 Å². The predicted octanol–water partition coefficient (Wildman–Crippen LogP) is 2.13. The van der Waals surface area contributed by atoms with Gasteiger partial charge in [-0.1, -0.05) is 32.0 Å². The van der Waals surface area contributed by atoms with E-state index < -0.39 is 17.9 Å². The molecule has 1 saturated heterocycles. The Kier molecular flexibility index (Phi) is 5.06. The summed E-state index contributed by atoms with van der Waals surface area (Å²) in [6.07, 6.45) is 1.98. The van der Waals surface area contributed by atoms with Crippen LogP contribution in [0.3, 0.4) is 0 Å². The number of carboxylic acids is 1.